The van der Waals surface area contributed by atoms with Gasteiger partial charge in [-0.15, -0.1) is 0 Å². The molecule has 4 nitrogen and oxygen atoms in total. The number of piperidine rings is 1. The first-order valence-electron chi connectivity index (χ1n) is 4.56. The number of imidazole rings is 1. The highest BCUT2D eigenvalue weighted by Gasteiger charge is 2.15. The minimum Gasteiger partial charge on any atom is -0.347 e. The van der Waals surface area contributed by atoms with Crippen molar-refractivity contribution in [3.63, 3.8) is 0 Å². The van der Waals surface area contributed by atoms with E-state index < -0.39 is 0 Å². The molecular formula is C9H13N3O. The average molecular weight is 179 g/mol. The summed E-state index contributed by atoms with van der Waals surface area (Å²) >= 11 is 0. The number of ketones is 1. The summed E-state index contributed by atoms with van der Waals surface area (Å²) in [6.45, 7) is 2.66. The van der Waals surface area contributed by atoms with Crippen LogP contribution in [0.3, 0.4) is 0 Å². The molecule has 0 aliphatic carbocycles. The summed E-state index contributed by atoms with van der Waals surface area (Å²) in [5, 5.41) is 0. The van der Waals surface area contributed by atoms with Crippen LogP contribution >= 0.6 is 0 Å². The van der Waals surface area contributed by atoms with Crippen molar-refractivity contribution in [3.8, 4) is 0 Å². The Hall–Kier alpha value is -1.16. The van der Waals surface area contributed by atoms with Gasteiger partial charge >= 0.3 is 0 Å². The summed E-state index contributed by atoms with van der Waals surface area (Å²) < 4.78 is 0. The zero-order valence-corrected chi connectivity index (χ0v) is 7.49. The SMILES string of the molecule is O=C1CCN(Cc2cnc[nH]2)CC1. The smallest absolute Gasteiger partial charge is 0.135 e. The van der Waals surface area contributed by atoms with Crippen LogP contribution in [-0.4, -0.2) is 33.7 Å². The van der Waals surface area contributed by atoms with Gasteiger partial charge in [0.05, 0.1) is 6.33 Å². The second-order valence-electron chi connectivity index (χ2n) is 3.39. The largest absolute Gasteiger partial charge is 0.347 e. The molecule has 1 saturated heterocycles. The molecule has 2 rings (SSSR count). The lowest BCUT2D eigenvalue weighted by Gasteiger charge is -2.24. The number of hydrogen-bond acceptors (Lipinski definition) is 3. The van der Waals surface area contributed by atoms with Crippen molar-refractivity contribution in [2.24, 2.45) is 0 Å². The maximum Gasteiger partial charge on any atom is 0.135 e. The van der Waals surface area contributed by atoms with Crippen LogP contribution < -0.4 is 0 Å². The van der Waals surface area contributed by atoms with E-state index in [1.807, 2.05) is 6.20 Å². The molecule has 0 unspecified atom stereocenters. The van der Waals surface area contributed by atoms with E-state index in [9.17, 15) is 4.79 Å². The summed E-state index contributed by atoms with van der Waals surface area (Å²) in [5.41, 5.74) is 1.12. The summed E-state index contributed by atoms with van der Waals surface area (Å²) in [4.78, 5) is 20.2. The molecule has 0 amide bonds. The normalized spacial score (nSPS) is 19.2. The van der Waals surface area contributed by atoms with Crippen molar-refractivity contribution in [2.75, 3.05) is 13.1 Å². The van der Waals surface area contributed by atoms with E-state index in [2.05, 4.69) is 14.9 Å². The highest BCUT2D eigenvalue weighted by atomic mass is 16.1. The number of nitrogens with one attached hydrogen (secondary N) is 1. The van der Waals surface area contributed by atoms with Crippen molar-refractivity contribution in [1.29, 1.82) is 0 Å². The Morgan fingerprint density at radius 2 is 2.23 bits per heavy atom. The Balaban J connectivity index is 1.86. The molecule has 70 valence electrons. The van der Waals surface area contributed by atoms with Crippen molar-refractivity contribution in [3.05, 3.63) is 18.2 Å². The van der Waals surface area contributed by atoms with Crippen LogP contribution in [0.2, 0.25) is 0 Å². The molecule has 1 fully saturated rings. The predicted molar refractivity (Wildman–Crippen MR) is 48.1 cm³/mol. The number of aromatic amines is 1. The summed E-state index contributed by atoms with van der Waals surface area (Å²) in [5.74, 6) is 0.390. The van der Waals surface area contributed by atoms with Crippen LogP contribution in [0.25, 0.3) is 0 Å². The molecule has 1 aliphatic rings. The first-order valence-corrected chi connectivity index (χ1v) is 4.56. The third kappa shape index (κ3) is 2.15. The van der Waals surface area contributed by atoms with Crippen molar-refractivity contribution < 1.29 is 4.79 Å². The Morgan fingerprint density at radius 3 is 2.85 bits per heavy atom. The second kappa shape index (κ2) is 3.70. The van der Waals surface area contributed by atoms with E-state index in [0.717, 1.165) is 25.3 Å². The highest BCUT2D eigenvalue weighted by Crippen LogP contribution is 2.08. The molecule has 1 aromatic rings. The number of carbonyl (C=O) groups excluding carboxylic acids is 1. The van der Waals surface area contributed by atoms with E-state index in [1.54, 1.807) is 6.33 Å². The van der Waals surface area contributed by atoms with Gasteiger partial charge in [0.1, 0.15) is 5.78 Å². The van der Waals surface area contributed by atoms with Crippen LogP contribution in [-0.2, 0) is 11.3 Å². The molecule has 0 spiro atoms. The first kappa shape index (κ1) is 8.44. The second-order valence-corrected chi connectivity index (χ2v) is 3.39. The summed E-state index contributed by atoms with van der Waals surface area (Å²) in [6, 6.07) is 0. The van der Waals surface area contributed by atoms with Crippen LogP contribution in [0.1, 0.15) is 18.5 Å². The molecule has 2 heterocycles. The van der Waals surface area contributed by atoms with Gasteiger partial charge in [0.2, 0.25) is 0 Å². The lowest BCUT2D eigenvalue weighted by molar-refractivity contribution is -0.121. The van der Waals surface area contributed by atoms with E-state index in [-0.39, 0.29) is 0 Å². The van der Waals surface area contributed by atoms with E-state index in [0.29, 0.717) is 18.6 Å². The van der Waals surface area contributed by atoms with Gasteiger partial charge in [0, 0.05) is 44.4 Å². The molecule has 0 atom stereocenters. The number of carbonyl (C=O) groups is 1. The number of hydrogen-bond donors (Lipinski definition) is 1. The third-order valence-corrected chi connectivity index (χ3v) is 2.36. The van der Waals surface area contributed by atoms with Gasteiger partial charge < -0.3 is 4.98 Å². The Labute approximate surface area is 77.0 Å². The van der Waals surface area contributed by atoms with Gasteiger partial charge in [-0.1, -0.05) is 0 Å². The molecular weight excluding hydrogens is 166 g/mol. The third-order valence-electron chi connectivity index (χ3n) is 2.36. The molecule has 0 aromatic carbocycles. The molecule has 1 aliphatic heterocycles. The van der Waals surface area contributed by atoms with Crippen molar-refractivity contribution >= 4 is 5.78 Å². The Morgan fingerprint density at radius 1 is 1.46 bits per heavy atom. The van der Waals surface area contributed by atoms with Crippen LogP contribution in [0.4, 0.5) is 0 Å². The van der Waals surface area contributed by atoms with E-state index in [1.165, 1.54) is 0 Å². The average Bonchev–Trinajstić information content (AvgIpc) is 2.62. The number of nitrogens with zero attached hydrogens (tertiary/aromatic N) is 2. The molecule has 13 heavy (non-hydrogen) atoms. The number of H-pyrrole nitrogens is 1. The van der Waals surface area contributed by atoms with Crippen LogP contribution in [0.15, 0.2) is 12.5 Å². The van der Waals surface area contributed by atoms with Crippen molar-refractivity contribution in [1.82, 2.24) is 14.9 Å². The fraction of sp³-hybridized carbons (Fsp3) is 0.556. The molecule has 0 saturated carbocycles. The number of aromatic nitrogens is 2. The van der Waals surface area contributed by atoms with Gasteiger partial charge in [-0.3, -0.25) is 9.69 Å². The molecule has 0 radical (unpaired) electrons. The summed E-state index contributed by atoms with van der Waals surface area (Å²) in [7, 11) is 0. The maximum absolute atomic E-state index is 11.0. The summed E-state index contributed by atoms with van der Waals surface area (Å²) in [6.07, 6.45) is 4.92. The topological polar surface area (TPSA) is 49.0 Å². The number of likely N-dealkylation sites (tertiary alicyclic amines) is 1. The predicted octanol–water partition coefficient (Wildman–Crippen LogP) is 0.575. The molecule has 1 aromatic heterocycles. The zero-order valence-electron chi connectivity index (χ0n) is 7.49. The quantitative estimate of drug-likeness (QED) is 0.722. The standard InChI is InChI=1S/C9H13N3O/c13-9-1-3-12(4-2-9)6-8-5-10-7-11-8/h5,7H,1-4,6H2,(H,10,11). The monoisotopic (exact) mass is 179 g/mol. The lowest BCUT2D eigenvalue weighted by Crippen LogP contribution is -2.33. The molecule has 0 bridgehead atoms. The maximum atomic E-state index is 11.0. The highest BCUT2D eigenvalue weighted by molar-refractivity contribution is 5.79. The fourth-order valence-corrected chi connectivity index (χ4v) is 1.57. The van der Waals surface area contributed by atoms with E-state index in [4.69, 9.17) is 0 Å². The zero-order chi connectivity index (χ0) is 9.10. The van der Waals surface area contributed by atoms with E-state index >= 15 is 0 Å². The first-order chi connectivity index (χ1) is 6.34. The van der Waals surface area contributed by atoms with Crippen LogP contribution in [0.5, 0.6) is 0 Å². The fourth-order valence-electron chi connectivity index (χ4n) is 1.57. The van der Waals surface area contributed by atoms with Crippen LogP contribution in [0, 0.1) is 0 Å². The Kier molecular flexibility index (Phi) is 2.40. The van der Waals surface area contributed by atoms with Gasteiger partial charge in [0.25, 0.3) is 0 Å². The van der Waals surface area contributed by atoms with Gasteiger partial charge in [0.15, 0.2) is 0 Å². The molecule has 4 heteroatoms. The lowest BCUT2D eigenvalue weighted by atomic mass is 10.1. The minimum atomic E-state index is 0.390. The number of rotatable bonds is 2. The Bertz CT molecular complexity index is 271. The number of Topliss-reactive ketones (excluding diaryl/α,β-unsaturated/α-hetero) is 1. The van der Waals surface area contributed by atoms with Gasteiger partial charge in [-0.05, 0) is 0 Å². The van der Waals surface area contributed by atoms with Gasteiger partial charge in [-0.2, -0.15) is 0 Å². The minimum absolute atomic E-state index is 0.390. The van der Waals surface area contributed by atoms with Gasteiger partial charge in [-0.25, -0.2) is 4.98 Å². The molecule has 1 N–H and O–H groups in total. The van der Waals surface area contributed by atoms with Crippen molar-refractivity contribution in [2.45, 2.75) is 19.4 Å².